The number of hydrogen-bond acceptors (Lipinski definition) is 5. The predicted molar refractivity (Wildman–Crippen MR) is 82.6 cm³/mol. The fourth-order valence-electron chi connectivity index (χ4n) is 2.01. The zero-order valence-electron chi connectivity index (χ0n) is 11.9. The minimum atomic E-state index is -0.865. The predicted octanol–water partition coefficient (Wildman–Crippen LogP) is 2.86. The van der Waals surface area contributed by atoms with Gasteiger partial charge in [-0.3, -0.25) is 4.79 Å². The molecule has 1 heterocycles. The van der Waals surface area contributed by atoms with Crippen molar-refractivity contribution in [3.8, 4) is 11.5 Å². The first-order valence-electron chi connectivity index (χ1n) is 6.35. The lowest BCUT2D eigenvalue weighted by molar-refractivity contribution is -0.135. The molecule has 0 amide bonds. The topological polar surface area (TPSA) is 59.0 Å². The van der Waals surface area contributed by atoms with Crippen LogP contribution in [0.25, 0.3) is 0 Å². The molecule has 0 atom stereocenters. The van der Waals surface area contributed by atoms with Crippen LogP contribution >= 0.6 is 11.3 Å². The van der Waals surface area contributed by atoms with Gasteiger partial charge in [0, 0.05) is 18.2 Å². The van der Waals surface area contributed by atoms with Crippen LogP contribution in [0.2, 0.25) is 0 Å². The van der Waals surface area contributed by atoms with E-state index in [-0.39, 0.29) is 6.54 Å². The van der Waals surface area contributed by atoms with Gasteiger partial charge < -0.3 is 19.5 Å². The number of nitrogens with zero attached hydrogens (tertiary/aromatic N) is 1. The highest BCUT2D eigenvalue weighted by Crippen LogP contribution is 2.29. The van der Waals surface area contributed by atoms with Crippen molar-refractivity contribution >= 4 is 22.3 Å². The number of carboxylic acid groups (broad SMARTS) is 1. The van der Waals surface area contributed by atoms with Crippen molar-refractivity contribution in [2.75, 3.05) is 25.7 Å². The number of benzene rings is 1. The van der Waals surface area contributed by atoms with Crippen molar-refractivity contribution in [3.63, 3.8) is 0 Å². The van der Waals surface area contributed by atoms with Crippen molar-refractivity contribution in [1.82, 2.24) is 0 Å². The first kappa shape index (κ1) is 15.2. The molecule has 6 heteroatoms. The van der Waals surface area contributed by atoms with Gasteiger partial charge in [0.2, 0.25) is 0 Å². The number of aliphatic carboxylic acids is 1. The van der Waals surface area contributed by atoms with Gasteiger partial charge in [-0.1, -0.05) is 0 Å². The van der Waals surface area contributed by atoms with Gasteiger partial charge in [0.25, 0.3) is 0 Å². The normalized spacial score (nSPS) is 10.2. The minimum Gasteiger partial charge on any atom is -0.497 e. The highest BCUT2D eigenvalue weighted by atomic mass is 32.1. The van der Waals surface area contributed by atoms with Gasteiger partial charge in [-0.2, -0.15) is 0 Å². The van der Waals surface area contributed by atoms with Crippen LogP contribution in [-0.4, -0.2) is 31.8 Å². The Morgan fingerprint density at radius 2 is 2.10 bits per heavy atom. The highest BCUT2D eigenvalue weighted by molar-refractivity contribution is 7.14. The molecule has 0 aliphatic carbocycles. The summed E-state index contributed by atoms with van der Waals surface area (Å²) in [5, 5.41) is 11.9. The zero-order valence-corrected chi connectivity index (χ0v) is 12.7. The van der Waals surface area contributed by atoms with Crippen molar-refractivity contribution in [1.29, 1.82) is 0 Å². The summed E-state index contributed by atoms with van der Waals surface area (Å²) in [6.45, 7) is 0.398. The van der Waals surface area contributed by atoms with Crippen LogP contribution in [0.15, 0.2) is 35.7 Å². The van der Waals surface area contributed by atoms with E-state index in [9.17, 15) is 4.79 Å². The van der Waals surface area contributed by atoms with Gasteiger partial charge >= 0.3 is 5.97 Å². The molecule has 1 aromatic heterocycles. The van der Waals surface area contributed by atoms with Crippen LogP contribution in [0.1, 0.15) is 5.56 Å². The van der Waals surface area contributed by atoms with E-state index < -0.39 is 5.97 Å². The maximum absolute atomic E-state index is 11.1. The molecule has 0 saturated heterocycles. The van der Waals surface area contributed by atoms with E-state index in [0.717, 1.165) is 10.6 Å². The molecule has 0 saturated carbocycles. The van der Waals surface area contributed by atoms with Crippen LogP contribution in [0.4, 0.5) is 5.00 Å². The lowest BCUT2D eigenvalue weighted by Gasteiger charge is -2.22. The number of rotatable bonds is 7. The van der Waals surface area contributed by atoms with Crippen LogP contribution in [0.3, 0.4) is 0 Å². The Kier molecular flexibility index (Phi) is 5.05. The molecule has 0 radical (unpaired) electrons. The molecule has 0 spiro atoms. The minimum absolute atomic E-state index is 0.0598. The van der Waals surface area contributed by atoms with Crippen molar-refractivity contribution in [2.24, 2.45) is 0 Å². The van der Waals surface area contributed by atoms with Crippen molar-refractivity contribution in [3.05, 3.63) is 41.3 Å². The summed E-state index contributed by atoms with van der Waals surface area (Å²) in [5.41, 5.74) is 0.910. The fraction of sp³-hybridized carbons (Fsp3) is 0.267. The number of methoxy groups -OCH3 is 2. The Labute approximate surface area is 127 Å². The number of carbonyl (C=O) groups is 1. The van der Waals surface area contributed by atoms with E-state index in [1.807, 2.05) is 29.6 Å². The van der Waals surface area contributed by atoms with Crippen molar-refractivity contribution in [2.45, 2.75) is 6.54 Å². The Bertz CT molecular complexity index is 598. The Morgan fingerprint density at radius 1 is 1.29 bits per heavy atom. The molecule has 1 N–H and O–H groups in total. The number of hydrogen-bond donors (Lipinski definition) is 1. The second kappa shape index (κ2) is 6.99. The van der Waals surface area contributed by atoms with Crippen LogP contribution in [-0.2, 0) is 11.3 Å². The Hall–Kier alpha value is -2.21. The molecular formula is C15H17NO4S. The lowest BCUT2D eigenvalue weighted by Crippen LogP contribution is -2.28. The molecule has 1 aromatic carbocycles. The smallest absolute Gasteiger partial charge is 0.323 e. The van der Waals surface area contributed by atoms with Crippen LogP contribution < -0.4 is 14.4 Å². The van der Waals surface area contributed by atoms with Gasteiger partial charge in [0.1, 0.15) is 18.0 Å². The van der Waals surface area contributed by atoms with E-state index in [1.165, 1.54) is 11.3 Å². The molecule has 21 heavy (non-hydrogen) atoms. The standard InChI is InChI=1S/C15H17NO4S/c1-19-12-6-5-11(13(8-12)20-2)9-16(10-15(17)18)14-4-3-7-21-14/h3-8H,9-10H2,1-2H3,(H,17,18). The summed E-state index contributed by atoms with van der Waals surface area (Å²) < 4.78 is 10.5. The van der Waals surface area contributed by atoms with E-state index in [4.69, 9.17) is 14.6 Å². The maximum Gasteiger partial charge on any atom is 0.323 e. The highest BCUT2D eigenvalue weighted by Gasteiger charge is 2.15. The van der Waals surface area contributed by atoms with Gasteiger partial charge in [0.05, 0.1) is 19.2 Å². The van der Waals surface area contributed by atoms with E-state index in [0.29, 0.717) is 18.0 Å². The summed E-state index contributed by atoms with van der Waals surface area (Å²) in [4.78, 5) is 12.9. The number of carboxylic acids is 1. The van der Waals surface area contributed by atoms with E-state index in [2.05, 4.69) is 0 Å². The summed E-state index contributed by atoms with van der Waals surface area (Å²) in [6, 6.07) is 9.33. The molecule has 0 fully saturated rings. The summed E-state index contributed by atoms with van der Waals surface area (Å²) >= 11 is 1.51. The molecule has 0 unspecified atom stereocenters. The largest absolute Gasteiger partial charge is 0.497 e. The zero-order chi connectivity index (χ0) is 15.2. The number of thiophene rings is 1. The monoisotopic (exact) mass is 307 g/mol. The first-order chi connectivity index (χ1) is 10.1. The van der Waals surface area contributed by atoms with Crippen LogP contribution in [0, 0.1) is 0 Å². The number of anilines is 1. The summed E-state index contributed by atoms with van der Waals surface area (Å²) in [5.74, 6) is 0.522. The number of ether oxygens (including phenoxy) is 2. The molecule has 2 aromatic rings. The lowest BCUT2D eigenvalue weighted by atomic mass is 10.1. The fourth-order valence-corrected chi connectivity index (χ4v) is 2.74. The molecule has 5 nitrogen and oxygen atoms in total. The third-order valence-corrected chi connectivity index (χ3v) is 3.93. The average molecular weight is 307 g/mol. The molecule has 0 aliphatic rings. The molecular weight excluding hydrogens is 290 g/mol. The molecule has 112 valence electrons. The average Bonchev–Trinajstić information content (AvgIpc) is 3.00. The summed E-state index contributed by atoms with van der Waals surface area (Å²) in [6.07, 6.45) is 0. The van der Waals surface area contributed by atoms with E-state index in [1.54, 1.807) is 25.2 Å². The van der Waals surface area contributed by atoms with Gasteiger partial charge in [-0.05, 0) is 29.6 Å². The van der Waals surface area contributed by atoms with Gasteiger partial charge in [-0.15, -0.1) is 11.3 Å². The third-order valence-electron chi connectivity index (χ3n) is 3.00. The van der Waals surface area contributed by atoms with Crippen LogP contribution in [0.5, 0.6) is 11.5 Å². The second-order valence-corrected chi connectivity index (χ2v) is 5.31. The molecule has 0 bridgehead atoms. The van der Waals surface area contributed by atoms with Gasteiger partial charge in [0.15, 0.2) is 0 Å². The van der Waals surface area contributed by atoms with Crippen molar-refractivity contribution < 1.29 is 19.4 Å². The second-order valence-electron chi connectivity index (χ2n) is 4.38. The third kappa shape index (κ3) is 3.88. The Balaban J connectivity index is 2.26. The van der Waals surface area contributed by atoms with Gasteiger partial charge in [-0.25, -0.2) is 0 Å². The first-order valence-corrected chi connectivity index (χ1v) is 7.23. The van der Waals surface area contributed by atoms with E-state index >= 15 is 0 Å². The quantitative estimate of drug-likeness (QED) is 0.852. The Morgan fingerprint density at radius 3 is 2.67 bits per heavy atom. The summed E-state index contributed by atoms with van der Waals surface area (Å²) in [7, 11) is 3.18. The molecule has 0 aliphatic heterocycles. The molecule has 2 rings (SSSR count). The SMILES string of the molecule is COc1ccc(CN(CC(=O)O)c2cccs2)c(OC)c1. The maximum atomic E-state index is 11.1.